The molecule has 1 atom stereocenters. The van der Waals surface area contributed by atoms with Gasteiger partial charge in [0.05, 0.1) is 0 Å². The number of carbonyl (C=O) groups is 2. The van der Waals surface area contributed by atoms with Gasteiger partial charge in [-0.1, -0.05) is 26.7 Å². The number of urea groups is 1. The highest BCUT2D eigenvalue weighted by atomic mass is 16.4. The Labute approximate surface area is 109 Å². The van der Waals surface area contributed by atoms with Gasteiger partial charge in [-0.2, -0.15) is 0 Å². The summed E-state index contributed by atoms with van der Waals surface area (Å²) in [4.78, 5) is 22.4. The number of hydrogen-bond acceptors (Lipinski definition) is 2. The molecule has 0 aromatic rings. The molecule has 5 heteroatoms. The molecule has 0 aliphatic carbocycles. The minimum absolute atomic E-state index is 0.0494. The molecule has 18 heavy (non-hydrogen) atoms. The fraction of sp³-hybridized carbons (Fsp3) is 0.846. The summed E-state index contributed by atoms with van der Waals surface area (Å²) in [6.07, 6.45) is 3.09. The number of carboxylic acids is 1. The lowest BCUT2D eigenvalue weighted by Crippen LogP contribution is -2.54. The molecule has 0 radical (unpaired) electrons. The highest BCUT2D eigenvalue weighted by molar-refractivity contribution is 5.85. The number of aliphatic carboxylic acids is 1. The molecule has 0 saturated heterocycles. The first-order chi connectivity index (χ1) is 8.15. The van der Waals surface area contributed by atoms with E-state index in [1.807, 2.05) is 6.92 Å². The molecule has 2 amide bonds. The third-order valence-corrected chi connectivity index (χ3v) is 2.76. The number of carboxylic acid groups (broad SMARTS) is 1. The minimum atomic E-state index is -1.25. The van der Waals surface area contributed by atoms with Crippen LogP contribution >= 0.6 is 0 Å². The van der Waals surface area contributed by atoms with Gasteiger partial charge in [-0.3, -0.25) is 0 Å². The van der Waals surface area contributed by atoms with Crippen LogP contribution in [0.3, 0.4) is 0 Å². The van der Waals surface area contributed by atoms with Gasteiger partial charge in [0.2, 0.25) is 0 Å². The van der Waals surface area contributed by atoms with Gasteiger partial charge in [0.15, 0.2) is 0 Å². The first-order valence-corrected chi connectivity index (χ1v) is 6.47. The van der Waals surface area contributed by atoms with Crippen LogP contribution in [0.5, 0.6) is 0 Å². The summed E-state index contributed by atoms with van der Waals surface area (Å²) in [5.74, 6) is -0.387. The molecule has 0 bridgehead atoms. The van der Waals surface area contributed by atoms with Crippen LogP contribution in [0.4, 0.5) is 4.79 Å². The van der Waals surface area contributed by atoms with Crippen molar-refractivity contribution in [3.05, 3.63) is 0 Å². The van der Waals surface area contributed by atoms with Crippen molar-refractivity contribution in [1.29, 1.82) is 0 Å². The van der Waals surface area contributed by atoms with Crippen LogP contribution in [0, 0.1) is 5.92 Å². The van der Waals surface area contributed by atoms with Crippen molar-refractivity contribution in [2.75, 3.05) is 0 Å². The molecule has 0 saturated carbocycles. The van der Waals surface area contributed by atoms with Gasteiger partial charge in [0, 0.05) is 6.04 Å². The molecular weight excluding hydrogens is 232 g/mol. The SMILES string of the molecule is CC(C)CCCC(C)NC(=O)NC(C)(C)C(=O)O. The van der Waals surface area contributed by atoms with Crippen molar-refractivity contribution in [1.82, 2.24) is 10.6 Å². The fourth-order valence-electron chi connectivity index (χ4n) is 1.50. The molecule has 0 spiro atoms. The molecule has 0 aromatic carbocycles. The zero-order chi connectivity index (χ0) is 14.3. The number of nitrogens with one attached hydrogen (secondary N) is 2. The van der Waals surface area contributed by atoms with Gasteiger partial charge in [-0.15, -0.1) is 0 Å². The van der Waals surface area contributed by atoms with Crippen LogP contribution in [0.15, 0.2) is 0 Å². The lowest BCUT2D eigenvalue weighted by atomic mass is 10.0. The summed E-state index contributed by atoms with van der Waals surface area (Å²) in [5.41, 5.74) is -1.25. The third-order valence-electron chi connectivity index (χ3n) is 2.76. The second-order valence-electron chi connectivity index (χ2n) is 5.75. The fourth-order valence-corrected chi connectivity index (χ4v) is 1.50. The Bertz CT molecular complexity index is 288. The van der Waals surface area contributed by atoms with Crippen LogP contribution < -0.4 is 10.6 Å². The zero-order valence-electron chi connectivity index (χ0n) is 12.0. The van der Waals surface area contributed by atoms with Crippen LogP contribution in [-0.4, -0.2) is 28.7 Å². The molecule has 0 aliphatic heterocycles. The van der Waals surface area contributed by atoms with Crippen molar-refractivity contribution >= 4 is 12.0 Å². The van der Waals surface area contributed by atoms with E-state index in [1.54, 1.807) is 0 Å². The topological polar surface area (TPSA) is 78.4 Å². The van der Waals surface area contributed by atoms with Crippen molar-refractivity contribution in [2.24, 2.45) is 5.92 Å². The Morgan fingerprint density at radius 3 is 2.17 bits per heavy atom. The second-order valence-corrected chi connectivity index (χ2v) is 5.75. The Balaban J connectivity index is 3.98. The van der Waals surface area contributed by atoms with E-state index in [4.69, 9.17) is 5.11 Å². The molecule has 0 heterocycles. The van der Waals surface area contributed by atoms with Crippen molar-refractivity contribution < 1.29 is 14.7 Å². The van der Waals surface area contributed by atoms with E-state index in [0.717, 1.165) is 19.3 Å². The van der Waals surface area contributed by atoms with E-state index in [0.29, 0.717) is 5.92 Å². The van der Waals surface area contributed by atoms with Gasteiger partial charge in [0.25, 0.3) is 0 Å². The van der Waals surface area contributed by atoms with Crippen LogP contribution in [0.2, 0.25) is 0 Å². The molecule has 0 aromatic heterocycles. The first-order valence-electron chi connectivity index (χ1n) is 6.47. The van der Waals surface area contributed by atoms with E-state index in [1.165, 1.54) is 13.8 Å². The maximum absolute atomic E-state index is 11.6. The molecule has 106 valence electrons. The number of carbonyl (C=O) groups excluding carboxylic acids is 1. The predicted octanol–water partition coefficient (Wildman–Crippen LogP) is 2.36. The maximum Gasteiger partial charge on any atom is 0.328 e. The largest absolute Gasteiger partial charge is 0.480 e. The van der Waals surface area contributed by atoms with E-state index in [9.17, 15) is 9.59 Å². The molecular formula is C13H26N2O3. The minimum Gasteiger partial charge on any atom is -0.480 e. The monoisotopic (exact) mass is 258 g/mol. The summed E-state index contributed by atoms with van der Waals surface area (Å²) in [7, 11) is 0. The summed E-state index contributed by atoms with van der Waals surface area (Å²) >= 11 is 0. The third kappa shape index (κ3) is 7.14. The van der Waals surface area contributed by atoms with E-state index < -0.39 is 17.5 Å². The lowest BCUT2D eigenvalue weighted by molar-refractivity contribution is -0.142. The normalized spacial score (nSPS) is 13.2. The van der Waals surface area contributed by atoms with E-state index in [2.05, 4.69) is 24.5 Å². The zero-order valence-corrected chi connectivity index (χ0v) is 12.0. The smallest absolute Gasteiger partial charge is 0.328 e. The van der Waals surface area contributed by atoms with Gasteiger partial charge in [-0.05, 0) is 33.1 Å². The average Bonchev–Trinajstić information content (AvgIpc) is 2.14. The molecule has 0 aliphatic rings. The molecule has 3 N–H and O–H groups in total. The summed E-state index contributed by atoms with van der Waals surface area (Å²) in [5, 5.41) is 14.1. The Morgan fingerprint density at radius 2 is 1.72 bits per heavy atom. The number of amides is 2. The van der Waals surface area contributed by atoms with Crippen LogP contribution in [-0.2, 0) is 4.79 Å². The van der Waals surface area contributed by atoms with Gasteiger partial charge >= 0.3 is 12.0 Å². The Kier molecular flexibility index (Phi) is 6.73. The average molecular weight is 258 g/mol. The lowest BCUT2D eigenvalue weighted by Gasteiger charge is -2.23. The predicted molar refractivity (Wildman–Crippen MR) is 71.5 cm³/mol. The van der Waals surface area contributed by atoms with E-state index >= 15 is 0 Å². The van der Waals surface area contributed by atoms with E-state index in [-0.39, 0.29) is 6.04 Å². The standard InChI is InChI=1S/C13H26N2O3/c1-9(2)7-6-8-10(3)14-12(18)15-13(4,5)11(16)17/h9-10H,6-8H2,1-5H3,(H,16,17)(H2,14,15,18). The molecule has 5 nitrogen and oxygen atoms in total. The Morgan fingerprint density at radius 1 is 1.17 bits per heavy atom. The summed E-state index contributed by atoms with van der Waals surface area (Å²) in [6.45, 7) is 9.17. The van der Waals surface area contributed by atoms with Crippen molar-refractivity contribution in [3.63, 3.8) is 0 Å². The summed E-state index contributed by atoms with van der Waals surface area (Å²) < 4.78 is 0. The quantitative estimate of drug-likeness (QED) is 0.656. The number of rotatable bonds is 7. The Hall–Kier alpha value is -1.26. The molecule has 1 unspecified atom stereocenters. The summed E-state index contributed by atoms with van der Waals surface area (Å²) in [6, 6.07) is -0.382. The maximum atomic E-state index is 11.6. The van der Waals surface area contributed by atoms with Crippen molar-refractivity contribution in [2.45, 2.75) is 65.5 Å². The molecule has 0 rings (SSSR count). The number of hydrogen-bond donors (Lipinski definition) is 3. The second kappa shape index (κ2) is 7.24. The van der Waals surface area contributed by atoms with Crippen molar-refractivity contribution in [3.8, 4) is 0 Å². The van der Waals surface area contributed by atoms with Gasteiger partial charge in [-0.25, -0.2) is 9.59 Å². The van der Waals surface area contributed by atoms with Crippen LogP contribution in [0.25, 0.3) is 0 Å². The first kappa shape index (κ1) is 16.7. The van der Waals surface area contributed by atoms with Gasteiger partial charge < -0.3 is 15.7 Å². The molecule has 0 fully saturated rings. The van der Waals surface area contributed by atoms with Gasteiger partial charge in [0.1, 0.15) is 5.54 Å². The van der Waals surface area contributed by atoms with Crippen LogP contribution in [0.1, 0.15) is 53.9 Å². The highest BCUT2D eigenvalue weighted by Crippen LogP contribution is 2.08. The highest BCUT2D eigenvalue weighted by Gasteiger charge is 2.29.